The predicted octanol–water partition coefficient (Wildman–Crippen LogP) is 2.87. The molecule has 0 unspecified atom stereocenters. The highest BCUT2D eigenvalue weighted by atomic mass is 16.2. The van der Waals surface area contributed by atoms with Gasteiger partial charge in [-0.05, 0) is 44.8 Å². The molecule has 3 heteroatoms. The Bertz CT molecular complexity index is 452. The van der Waals surface area contributed by atoms with Gasteiger partial charge in [-0.15, -0.1) is 0 Å². The summed E-state index contributed by atoms with van der Waals surface area (Å²) in [5.41, 5.74) is 2.52. The molecule has 1 fully saturated rings. The van der Waals surface area contributed by atoms with Crippen molar-refractivity contribution < 1.29 is 4.79 Å². The van der Waals surface area contributed by atoms with E-state index < -0.39 is 0 Å². The molecule has 1 saturated heterocycles. The second kappa shape index (κ2) is 8.18. The van der Waals surface area contributed by atoms with Gasteiger partial charge in [0, 0.05) is 26.6 Å². The molecule has 0 spiro atoms. The SMILES string of the molecule is Cc1cccc(CCC(=O)N(C)CCN2CCCCC2)c1. The fraction of sp³-hybridized carbons (Fsp3) is 0.611. The lowest BCUT2D eigenvalue weighted by atomic mass is 10.1. The molecule has 1 aliphatic rings. The number of rotatable bonds is 6. The standard InChI is InChI=1S/C18H28N2O/c1-16-7-6-8-17(15-16)9-10-18(21)19(2)13-14-20-11-4-3-5-12-20/h6-8,15H,3-5,9-14H2,1-2H3. The first-order valence-corrected chi connectivity index (χ1v) is 8.17. The second-order valence-electron chi connectivity index (χ2n) is 6.21. The van der Waals surface area contributed by atoms with E-state index in [1.807, 2.05) is 11.9 Å². The largest absolute Gasteiger partial charge is 0.344 e. The number of benzene rings is 1. The zero-order valence-corrected chi connectivity index (χ0v) is 13.5. The van der Waals surface area contributed by atoms with Gasteiger partial charge < -0.3 is 9.80 Å². The number of nitrogens with zero attached hydrogens (tertiary/aromatic N) is 2. The van der Waals surface area contributed by atoms with Crippen LogP contribution in [0.1, 0.15) is 36.8 Å². The minimum absolute atomic E-state index is 0.258. The fourth-order valence-corrected chi connectivity index (χ4v) is 2.91. The molecule has 0 aromatic heterocycles. The molecule has 0 N–H and O–H groups in total. The molecule has 2 rings (SSSR count). The number of likely N-dealkylation sites (tertiary alicyclic amines) is 1. The summed E-state index contributed by atoms with van der Waals surface area (Å²) in [7, 11) is 1.93. The zero-order valence-electron chi connectivity index (χ0n) is 13.5. The van der Waals surface area contributed by atoms with E-state index in [9.17, 15) is 4.79 Å². The lowest BCUT2D eigenvalue weighted by Crippen LogP contribution is -2.38. The first kappa shape index (κ1) is 16.0. The zero-order chi connectivity index (χ0) is 15.1. The minimum Gasteiger partial charge on any atom is -0.344 e. The maximum Gasteiger partial charge on any atom is 0.222 e. The number of carbonyl (C=O) groups is 1. The van der Waals surface area contributed by atoms with Gasteiger partial charge in [-0.3, -0.25) is 4.79 Å². The number of hydrogen-bond acceptors (Lipinski definition) is 2. The first-order valence-electron chi connectivity index (χ1n) is 8.17. The molecule has 1 aromatic rings. The van der Waals surface area contributed by atoms with Crippen molar-refractivity contribution in [1.29, 1.82) is 0 Å². The lowest BCUT2D eigenvalue weighted by molar-refractivity contribution is -0.130. The third-order valence-corrected chi connectivity index (χ3v) is 4.34. The van der Waals surface area contributed by atoms with E-state index in [1.165, 1.54) is 43.5 Å². The Labute approximate surface area is 128 Å². The molecular weight excluding hydrogens is 260 g/mol. The molecule has 0 saturated carbocycles. The van der Waals surface area contributed by atoms with Crippen molar-refractivity contribution in [1.82, 2.24) is 9.80 Å². The van der Waals surface area contributed by atoms with Crippen molar-refractivity contribution >= 4 is 5.91 Å². The van der Waals surface area contributed by atoms with Gasteiger partial charge >= 0.3 is 0 Å². The Morgan fingerprint density at radius 2 is 2.00 bits per heavy atom. The minimum atomic E-state index is 0.258. The van der Waals surface area contributed by atoms with Crippen LogP contribution in [0.15, 0.2) is 24.3 Å². The monoisotopic (exact) mass is 288 g/mol. The summed E-state index contributed by atoms with van der Waals surface area (Å²) >= 11 is 0. The molecule has 1 aromatic carbocycles. The van der Waals surface area contributed by atoms with Crippen LogP contribution in [0.25, 0.3) is 0 Å². The summed E-state index contributed by atoms with van der Waals surface area (Å²) in [6, 6.07) is 8.43. The van der Waals surface area contributed by atoms with Gasteiger partial charge in [0.15, 0.2) is 0 Å². The van der Waals surface area contributed by atoms with E-state index in [0.717, 1.165) is 19.5 Å². The molecule has 1 amide bonds. The lowest BCUT2D eigenvalue weighted by Gasteiger charge is -2.28. The number of piperidine rings is 1. The molecule has 21 heavy (non-hydrogen) atoms. The highest BCUT2D eigenvalue weighted by Gasteiger charge is 2.13. The number of hydrogen-bond donors (Lipinski definition) is 0. The Balaban J connectivity index is 1.69. The van der Waals surface area contributed by atoms with Crippen LogP contribution in [-0.4, -0.2) is 48.9 Å². The molecule has 1 heterocycles. The van der Waals surface area contributed by atoms with Crippen molar-refractivity contribution in [2.45, 2.75) is 39.0 Å². The molecule has 0 radical (unpaired) electrons. The Morgan fingerprint density at radius 3 is 2.71 bits per heavy atom. The van der Waals surface area contributed by atoms with Crippen molar-refractivity contribution in [3.8, 4) is 0 Å². The van der Waals surface area contributed by atoms with E-state index in [-0.39, 0.29) is 5.91 Å². The predicted molar refractivity (Wildman–Crippen MR) is 87.4 cm³/mol. The molecule has 0 atom stereocenters. The van der Waals surface area contributed by atoms with Gasteiger partial charge in [0.05, 0.1) is 0 Å². The summed E-state index contributed by atoms with van der Waals surface area (Å²) in [5, 5.41) is 0. The van der Waals surface area contributed by atoms with Crippen LogP contribution in [0.3, 0.4) is 0 Å². The van der Waals surface area contributed by atoms with Crippen LogP contribution in [0.5, 0.6) is 0 Å². The van der Waals surface area contributed by atoms with Crippen LogP contribution in [0.2, 0.25) is 0 Å². The molecule has 1 aliphatic heterocycles. The smallest absolute Gasteiger partial charge is 0.222 e. The normalized spacial score (nSPS) is 15.9. The summed E-state index contributed by atoms with van der Waals surface area (Å²) in [6.45, 7) is 6.37. The summed E-state index contributed by atoms with van der Waals surface area (Å²) in [4.78, 5) is 16.6. The van der Waals surface area contributed by atoms with Crippen molar-refractivity contribution in [2.24, 2.45) is 0 Å². The van der Waals surface area contributed by atoms with E-state index >= 15 is 0 Å². The quantitative estimate of drug-likeness (QED) is 0.803. The van der Waals surface area contributed by atoms with Gasteiger partial charge in [-0.2, -0.15) is 0 Å². The van der Waals surface area contributed by atoms with Crippen LogP contribution < -0.4 is 0 Å². The van der Waals surface area contributed by atoms with Crippen LogP contribution in [-0.2, 0) is 11.2 Å². The second-order valence-corrected chi connectivity index (χ2v) is 6.21. The Kier molecular flexibility index (Phi) is 6.24. The number of amides is 1. The molecule has 116 valence electrons. The van der Waals surface area contributed by atoms with Gasteiger partial charge in [0.25, 0.3) is 0 Å². The average Bonchev–Trinajstić information content (AvgIpc) is 2.51. The number of carbonyl (C=O) groups excluding carboxylic acids is 1. The summed E-state index contributed by atoms with van der Waals surface area (Å²) < 4.78 is 0. The topological polar surface area (TPSA) is 23.6 Å². The molecule has 0 bridgehead atoms. The van der Waals surface area contributed by atoms with E-state index in [2.05, 4.69) is 36.1 Å². The number of aryl methyl sites for hydroxylation is 2. The molecular formula is C18H28N2O. The van der Waals surface area contributed by atoms with Crippen molar-refractivity contribution in [2.75, 3.05) is 33.2 Å². The summed E-state index contributed by atoms with van der Waals surface area (Å²) in [6.07, 6.45) is 5.44. The maximum absolute atomic E-state index is 12.2. The Hall–Kier alpha value is -1.35. The number of likely N-dealkylation sites (N-methyl/N-ethyl adjacent to an activating group) is 1. The van der Waals surface area contributed by atoms with Crippen molar-refractivity contribution in [3.63, 3.8) is 0 Å². The van der Waals surface area contributed by atoms with Crippen LogP contribution >= 0.6 is 0 Å². The third-order valence-electron chi connectivity index (χ3n) is 4.34. The fourth-order valence-electron chi connectivity index (χ4n) is 2.91. The van der Waals surface area contributed by atoms with Gasteiger partial charge in [-0.25, -0.2) is 0 Å². The summed E-state index contributed by atoms with van der Waals surface area (Å²) in [5.74, 6) is 0.258. The Morgan fingerprint density at radius 1 is 1.24 bits per heavy atom. The average molecular weight is 288 g/mol. The highest BCUT2D eigenvalue weighted by molar-refractivity contribution is 5.76. The molecule has 0 aliphatic carbocycles. The highest BCUT2D eigenvalue weighted by Crippen LogP contribution is 2.09. The van der Waals surface area contributed by atoms with Gasteiger partial charge in [-0.1, -0.05) is 36.2 Å². The van der Waals surface area contributed by atoms with Crippen molar-refractivity contribution in [3.05, 3.63) is 35.4 Å². The van der Waals surface area contributed by atoms with E-state index in [1.54, 1.807) is 0 Å². The first-order chi connectivity index (χ1) is 10.1. The maximum atomic E-state index is 12.2. The molecule has 3 nitrogen and oxygen atoms in total. The van der Waals surface area contributed by atoms with Gasteiger partial charge in [0.2, 0.25) is 5.91 Å². The third kappa shape index (κ3) is 5.50. The van der Waals surface area contributed by atoms with E-state index in [0.29, 0.717) is 6.42 Å². The van der Waals surface area contributed by atoms with Crippen LogP contribution in [0.4, 0.5) is 0 Å². The van der Waals surface area contributed by atoms with Crippen LogP contribution in [0, 0.1) is 6.92 Å². The van der Waals surface area contributed by atoms with Gasteiger partial charge in [0.1, 0.15) is 0 Å². The van der Waals surface area contributed by atoms with E-state index in [4.69, 9.17) is 0 Å².